The first-order chi connectivity index (χ1) is 10.1. The summed E-state index contributed by atoms with van der Waals surface area (Å²) in [5.74, 6) is 0.286. The van der Waals surface area contributed by atoms with E-state index in [1.807, 2.05) is 13.0 Å². The van der Waals surface area contributed by atoms with Crippen LogP contribution in [0.2, 0.25) is 0 Å². The highest BCUT2D eigenvalue weighted by molar-refractivity contribution is 7.71. The number of aromatic nitrogens is 3. The zero-order valence-corrected chi connectivity index (χ0v) is 12.7. The maximum Gasteiger partial charge on any atom is 0.338 e. The molecule has 1 heterocycles. The van der Waals surface area contributed by atoms with Crippen LogP contribution >= 0.6 is 12.2 Å². The maximum atomic E-state index is 12.0. The van der Waals surface area contributed by atoms with Crippen LogP contribution < -0.4 is 0 Å². The van der Waals surface area contributed by atoms with Crippen LogP contribution in [0, 0.1) is 11.7 Å². The Morgan fingerprint density at radius 3 is 2.95 bits per heavy atom. The molecule has 0 fully saturated rings. The van der Waals surface area contributed by atoms with E-state index in [1.54, 1.807) is 31.3 Å². The summed E-state index contributed by atoms with van der Waals surface area (Å²) in [7, 11) is 0. The first kappa shape index (κ1) is 15.1. The van der Waals surface area contributed by atoms with Crippen molar-refractivity contribution in [1.29, 1.82) is 0 Å². The van der Waals surface area contributed by atoms with Crippen molar-refractivity contribution < 1.29 is 9.53 Å². The van der Waals surface area contributed by atoms with Gasteiger partial charge in [-0.15, -0.1) is 0 Å². The average molecular weight is 304 g/mol. The Morgan fingerprint density at radius 2 is 2.29 bits per heavy atom. The van der Waals surface area contributed by atoms with Gasteiger partial charge in [0.25, 0.3) is 0 Å². The van der Waals surface area contributed by atoms with E-state index in [-0.39, 0.29) is 5.97 Å². The van der Waals surface area contributed by atoms with Gasteiger partial charge in [0.2, 0.25) is 4.77 Å². The molecule has 0 radical (unpaired) electrons. The molecule has 0 amide bonds. The Kier molecular flexibility index (Phi) is 4.99. The van der Waals surface area contributed by atoms with E-state index in [9.17, 15) is 4.79 Å². The highest BCUT2D eigenvalue weighted by Gasteiger charge is 2.10. The Bertz CT molecular complexity index is 718. The number of ether oxygens (including phenoxy) is 1. The zero-order chi connectivity index (χ0) is 15.2. The number of esters is 1. The molecule has 6 nitrogen and oxygen atoms in total. The molecule has 0 saturated heterocycles. The minimum absolute atomic E-state index is 0.355. The molecule has 2 aromatic rings. The van der Waals surface area contributed by atoms with Crippen LogP contribution in [-0.4, -0.2) is 33.7 Å². The third-order valence-corrected chi connectivity index (χ3v) is 3.01. The van der Waals surface area contributed by atoms with Gasteiger partial charge < -0.3 is 4.74 Å². The van der Waals surface area contributed by atoms with Crippen LogP contribution in [-0.2, 0) is 4.74 Å². The molecule has 0 bridgehead atoms. The lowest BCUT2D eigenvalue weighted by Gasteiger charge is -2.05. The van der Waals surface area contributed by atoms with Crippen molar-refractivity contribution in [3.05, 3.63) is 46.0 Å². The van der Waals surface area contributed by atoms with Crippen molar-refractivity contribution in [1.82, 2.24) is 14.9 Å². The Hall–Kier alpha value is -2.28. The van der Waals surface area contributed by atoms with Crippen LogP contribution in [0.15, 0.2) is 29.4 Å². The normalized spacial score (nSPS) is 11.0. The van der Waals surface area contributed by atoms with Crippen molar-refractivity contribution >= 4 is 24.4 Å². The fourth-order valence-electron chi connectivity index (χ4n) is 1.69. The molecular weight excluding hydrogens is 288 g/mol. The van der Waals surface area contributed by atoms with Crippen molar-refractivity contribution in [2.24, 2.45) is 5.10 Å². The third-order valence-electron chi connectivity index (χ3n) is 2.74. The minimum atomic E-state index is -0.355. The maximum absolute atomic E-state index is 12.0. The first-order valence-electron chi connectivity index (χ1n) is 6.58. The molecule has 0 spiro atoms. The van der Waals surface area contributed by atoms with Crippen LogP contribution in [0.5, 0.6) is 0 Å². The number of hydrogen-bond donors (Lipinski definition) is 1. The summed E-state index contributed by atoms with van der Waals surface area (Å²) >= 11 is 5.07. The summed E-state index contributed by atoms with van der Waals surface area (Å²) in [4.78, 5) is 12.0. The highest BCUT2D eigenvalue weighted by atomic mass is 32.1. The fraction of sp³-hybridized carbons (Fsp3) is 0.286. The van der Waals surface area contributed by atoms with E-state index in [0.717, 1.165) is 6.42 Å². The number of rotatable bonds is 5. The van der Waals surface area contributed by atoms with Gasteiger partial charge in [-0.25, -0.2) is 4.79 Å². The quantitative estimate of drug-likeness (QED) is 0.524. The van der Waals surface area contributed by atoms with E-state index in [1.165, 1.54) is 4.68 Å². The number of aryl methyl sites for hydroxylation is 1. The predicted octanol–water partition coefficient (Wildman–Crippen LogP) is 2.70. The predicted molar refractivity (Wildman–Crippen MR) is 82.2 cm³/mol. The van der Waals surface area contributed by atoms with Crippen LogP contribution in [0.4, 0.5) is 0 Å². The van der Waals surface area contributed by atoms with Crippen molar-refractivity contribution in [2.45, 2.75) is 20.3 Å². The molecule has 21 heavy (non-hydrogen) atoms. The fourth-order valence-corrected chi connectivity index (χ4v) is 1.92. The monoisotopic (exact) mass is 304 g/mol. The molecule has 0 saturated carbocycles. The van der Waals surface area contributed by atoms with Crippen LogP contribution in [0.3, 0.4) is 0 Å². The molecule has 0 aliphatic rings. The lowest BCUT2D eigenvalue weighted by Crippen LogP contribution is -2.09. The molecule has 7 heteroatoms. The van der Waals surface area contributed by atoms with Crippen molar-refractivity contribution in [2.75, 3.05) is 6.61 Å². The molecule has 2 rings (SSSR count). The third kappa shape index (κ3) is 3.63. The molecule has 1 aromatic carbocycles. The van der Waals surface area contributed by atoms with Gasteiger partial charge in [-0.3, -0.25) is 5.10 Å². The number of benzene rings is 1. The van der Waals surface area contributed by atoms with Crippen molar-refractivity contribution in [3.63, 3.8) is 0 Å². The van der Waals surface area contributed by atoms with Gasteiger partial charge in [-0.05, 0) is 31.6 Å². The van der Waals surface area contributed by atoms with E-state index in [0.29, 0.717) is 28.3 Å². The number of H-pyrrole nitrogens is 1. The van der Waals surface area contributed by atoms with Gasteiger partial charge in [0.05, 0.1) is 18.4 Å². The molecule has 1 N–H and O–H groups in total. The van der Waals surface area contributed by atoms with Gasteiger partial charge in [0.15, 0.2) is 0 Å². The van der Waals surface area contributed by atoms with Gasteiger partial charge in [0, 0.05) is 5.56 Å². The van der Waals surface area contributed by atoms with Gasteiger partial charge in [-0.2, -0.15) is 14.9 Å². The second-order valence-corrected chi connectivity index (χ2v) is 4.74. The summed E-state index contributed by atoms with van der Waals surface area (Å²) < 4.78 is 7.04. The zero-order valence-electron chi connectivity index (χ0n) is 11.9. The summed E-state index contributed by atoms with van der Waals surface area (Å²) in [6.45, 7) is 4.13. The SMILES string of the molecule is CCCOC(=O)c1ccccc1C=Nn1c(C)n[nH]c1=S. The summed E-state index contributed by atoms with van der Waals surface area (Å²) in [6.07, 6.45) is 2.35. The second kappa shape index (κ2) is 6.94. The average Bonchev–Trinajstić information content (AvgIpc) is 2.82. The number of nitrogens with zero attached hydrogens (tertiary/aromatic N) is 3. The van der Waals surface area contributed by atoms with E-state index >= 15 is 0 Å². The molecule has 0 aliphatic carbocycles. The summed E-state index contributed by atoms with van der Waals surface area (Å²) in [5, 5.41) is 10.9. The minimum Gasteiger partial charge on any atom is -0.462 e. The first-order valence-corrected chi connectivity index (χ1v) is 6.99. The molecular formula is C14H16N4O2S. The molecule has 0 aliphatic heterocycles. The summed E-state index contributed by atoms with van der Waals surface area (Å²) in [6, 6.07) is 7.12. The Labute approximate surface area is 127 Å². The largest absolute Gasteiger partial charge is 0.462 e. The van der Waals surface area contributed by atoms with Gasteiger partial charge in [0.1, 0.15) is 5.82 Å². The molecule has 0 atom stereocenters. The molecule has 1 aromatic heterocycles. The van der Waals surface area contributed by atoms with Gasteiger partial charge in [-0.1, -0.05) is 25.1 Å². The lowest BCUT2D eigenvalue weighted by atomic mass is 10.1. The smallest absolute Gasteiger partial charge is 0.338 e. The van der Waals surface area contributed by atoms with Gasteiger partial charge >= 0.3 is 5.97 Å². The van der Waals surface area contributed by atoms with Crippen LogP contribution in [0.25, 0.3) is 0 Å². The lowest BCUT2D eigenvalue weighted by molar-refractivity contribution is 0.0505. The standard InChI is InChI=1S/C14H16N4O2S/c1-3-8-20-13(19)12-7-5-4-6-11(12)9-15-18-10(2)16-17-14(18)21/h4-7,9H,3,8H2,1-2H3,(H,17,21). The molecule has 110 valence electrons. The van der Waals surface area contributed by atoms with Crippen molar-refractivity contribution in [3.8, 4) is 0 Å². The highest BCUT2D eigenvalue weighted by Crippen LogP contribution is 2.09. The van der Waals surface area contributed by atoms with E-state index in [2.05, 4.69) is 15.3 Å². The number of carbonyl (C=O) groups is 1. The second-order valence-electron chi connectivity index (χ2n) is 4.36. The molecule has 0 unspecified atom stereocenters. The Morgan fingerprint density at radius 1 is 1.52 bits per heavy atom. The summed E-state index contributed by atoms with van der Waals surface area (Å²) in [5.41, 5.74) is 1.14. The number of nitrogens with one attached hydrogen (secondary N) is 1. The topological polar surface area (TPSA) is 72.3 Å². The van der Waals surface area contributed by atoms with Crippen LogP contribution in [0.1, 0.15) is 35.1 Å². The Balaban J connectivity index is 2.28. The van der Waals surface area contributed by atoms with E-state index < -0.39 is 0 Å². The number of carbonyl (C=O) groups excluding carboxylic acids is 1. The number of hydrogen-bond acceptors (Lipinski definition) is 5. The number of aromatic amines is 1. The van der Waals surface area contributed by atoms with E-state index in [4.69, 9.17) is 17.0 Å².